The highest BCUT2D eigenvalue weighted by Gasteiger charge is 2.45. The van der Waals surface area contributed by atoms with Gasteiger partial charge in [0.05, 0.1) is 25.9 Å². The number of hydrogen-bond acceptors (Lipinski definition) is 7. The summed E-state index contributed by atoms with van der Waals surface area (Å²) in [5, 5.41) is 10.0. The van der Waals surface area contributed by atoms with Crippen molar-refractivity contribution in [1.82, 2.24) is 0 Å². The molecule has 0 saturated carbocycles. The first kappa shape index (κ1) is 22.1. The molecule has 2 atom stereocenters. The number of carbonyl (C=O) groups is 2. The third kappa shape index (κ3) is 4.32. The number of halogens is 1. The van der Waals surface area contributed by atoms with E-state index >= 15 is 0 Å². The predicted octanol–water partition coefficient (Wildman–Crippen LogP) is 3.59. The van der Waals surface area contributed by atoms with Crippen LogP contribution in [-0.2, 0) is 19.1 Å². The minimum atomic E-state index is -1.01. The van der Waals surface area contributed by atoms with Crippen molar-refractivity contribution in [2.24, 2.45) is 11.7 Å². The van der Waals surface area contributed by atoms with E-state index in [0.717, 1.165) is 4.47 Å². The fourth-order valence-corrected chi connectivity index (χ4v) is 3.90. The van der Waals surface area contributed by atoms with Crippen LogP contribution < -0.4 is 10.6 Å². The molecule has 31 heavy (non-hydrogen) atoms. The van der Waals surface area contributed by atoms with E-state index in [2.05, 4.69) is 22.0 Å². The Labute approximate surface area is 188 Å². The molecule has 8 heteroatoms. The number of ether oxygens (including phenoxy) is 2. The number of para-hydroxylation sites is 1. The molecule has 2 aromatic carbocycles. The number of nitriles is 1. The first-order chi connectivity index (χ1) is 14.9. The number of rotatable bonds is 4. The van der Waals surface area contributed by atoms with E-state index in [1.165, 1.54) is 25.2 Å². The molecule has 1 aliphatic heterocycles. The first-order valence-corrected chi connectivity index (χ1v) is 10.1. The van der Waals surface area contributed by atoms with Crippen molar-refractivity contribution in [3.8, 4) is 6.07 Å². The summed E-state index contributed by atoms with van der Waals surface area (Å²) in [5.41, 5.74) is 8.19. The molecule has 0 fully saturated rings. The molecule has 1 aliphatic rings. The molecule has 3 rings (SSSR count). The minimum absolute atomic E-state index is 0.122. The molecule has 0 aliphatic carbocycles. The normalized spacial score (nSPS) is 19.7. The van der Waals surface area contributed by atoms with Crippen LogP contribution in [0.25, 0.3) is 0 Å². The lowest BCUT2D eigenvalue weighted by molar-refractivity contribution is -0.144. The molecular weight excluding hydrogens is 462 g/mol. The molecule has 0 unspecified atom stereocenters. The second kappa shape index (κ2) is 9.49. The third-order valence-electron chi connectivity index (χ3n) is 5.02. The second-order valence-corrected chi connectivity index (χ2v) is 7.62. The molecule has 0 saturated heterocycles. The van der Waals surface area contributed by atoms with Crippen LogP contribution in [-0.4, -0.2) is 26.2 Å². The molecule has 0 spiro atoms. The molecule has 0 radical (unpaired) electrons. The van der Waals surface area contributed by atoms with Crippen molar-refractivity contribution < 1.29 is 19.1 Å². The summed E-state index contributed by atoms with van der Waals surface area (Å²) in [6.45, 7) is 0. The van der Waals surface area contributed by atoms with Crippen LogP contribution in [0.5, 0.6) is 0 Å². The highest BCUT2D eigenvalue weighted by Crippen LogP contribution is 2.45. The van der Waals surface area contributed by atoms with Gasteiger partial charge in [-0.3, -0.25) is 9.69 Å². The van der Waals surface area contributed by atoms with E-state index in [4.69, 9.17) is 15.2 Å². The van der Waals surface area contributed by atoms with Gasteiger partial charge in [-0.2, -0.15) is 5.26 Å². The Morgan fingerprint density at radius 3 is 2.29 bits per heavy atom. The predicted molar refractivity (Wildman–Crippen MR) is 118 cm³/mol. The monoisotopic (exact) mass is 481 g/mol. The Kier molecular flexibility index (Phi) is 6.78. The SMILES string of the molecule is COC(=O)/C=C1\[C@H](C(=O)OC)[C@@H](c2ccc(Br)cc2)C(C#N)=C(N)N1c1ccccc1. The van der Waals surface area contributed by atoms with Gasteiger partial charge >= 0.3 is 11.9 Å². The van der Waals surface area contributed by atoms with E-state index in [1.807, 2.05) is 18.2 Å². The van der Waals surface area contributed by atoms with Crippen molar-refractivity contribution in [3.63, 3.8) is 0 Å². The van der Waals surface area contributed by atoms with Gasteiger partial charge in [0.15, 0.2) is 0 Å². The summed E-state index contributed by atoms with van der Waals surface area (Å²) in [6.07, 6.45) is 1.21. The van der Waals surface area contributed by atoms with E-state index in [0.29, 0.717) is 11.3 Å². The van der Waals surface area contributed by atoms with Gasteiger partial charge in [0, 0.05) is 27.9 Å². The lowest BCUT2D eigenvalue weighted by atomic mass is 9.75. The lowest BCUT2D eigenvalue weighted by Gasteiger charge is -2.40. The highest BCUT2D eigenvalue weighted by atomic mass is 79.9. The van der Waals surface area contributed by atoms with Crippen molar-refractivity contribution in [3.05, 3.63) is 87.8 Å². The number of anilines is 1. The van der Waals surface area contributed by atoms with Crippen LogP contribution in [0.15, 0.2) is 82.2 Å². The summed E-state index contributed by atoms with van der Waals surface area (Å²) < 4.78 is 10.7. The van der Waals surface area contributed by atoms with Crippen molar-refractivity contribution in [1.29, 1.82) is 5.26 Å². The summed E-state index contributed by atoms with van der Waals surface area (Å²) in [7, 11) is 2.51. The van der Waals surface area contributed by atoms with Gasteiger partial charge < -0.3 is 15.2 Å². The number of nitrogens with two attached hydrogens (primary N) is 1. The Balaban J connectivity index is 2.35. The topological polar surface area (TPSA) is 106 Å². The molecule has 2 aromatic rings. The Morgan fingerprint density at radius 2 is 1.74 bits per heavy atom. The van der Waals surface area contributed by atoms with Crippen LogP contribution in [0.1, 0.15) is 11.5 Å². The number of nitrogens with zero attached hydrogens (tertiary/aromatic N) is 2. The van der Waals surface area contributed by atoms with Gasteiger partial charge in [-0.25, -0.2) is 4.79 Å². The molecule has 0 bridgehead atoms. The molecular formula is C23H20BrN3O4. The van der Waals surface area contributed by atoms with Gasteiger partial charge in [-0.15, -0.1) is 0 Å². The number of allylic oxidation sites excluding steroid dienone is 1. The van der Waals surface area contributed by atoms with E-state index < -0.39 is 23.8 Å². The van der Waals surface area contributed by atoms with E-state index in [-0.39, 0.29) is 17.1 Å². The number of carbonyl (C=O) groups excluding carboxylic acids is 2. The van der Waals surface area contributed by atoms with Crippen LogP contribution in [0.2, 0.25) is 0 Å². The standard InChI is InChI=1S/C23H20BrN3O4/c1-30-19(28)12-18-21(23(29)31-2)20(14-8-10-15(24)11-9-14)17(13-25)22(26)27(18)16-6-4-3-5-7-16/h3-12,20-21H,26H2,1-2H3/b18-12+/t20-,21-/m0/s1. The summed E-state index contributed by atoms with van der Waals surface area (Å²) in [5.74, 6) is -2.90. The maximum absolute atomic E-state index is 13.0. The Morgan fingerprint density at radius 1 is 1.10 bits per heavy atom. The quantitative estimate of drug-likeness (QED) is 0.525. The van der Waals surface area contributed by atoms with Crippen LogP contribution >= 0.6 is 15.9 Å². The maximum atomic E-state index is 13.0. The van der Waals surface area contributed by atoms with Gasteiger partial charge in [0.1, 0.15) is 11.7 Å². The van der Waals surface area contributed by atoms with Crippen molar-refractivity contribution in [2.45, 2.75) is 5.92 Å². The highest BCUT2D eigenvalue weighted by molar-refractivity contribution is 9.10. The van der Waals surface area contributed by atoms with E-state index in [9.17, 15) is 14.9 Å². The van der Waals surface area contributed by atoms with Gasteiger partial charge in [0.25, 0.3) is 0 Å². The van der Waals surface area contributed by atoms with Crippen LogP contribution in [0, 0.1) is 17.2 Å². The van der Waals surface area contributed by atoms with Crippen molar-refractivity contribution in [2.75, 3.05) is 19.1 Å². The Hall–Kier alpha value is -3.57. The fourth-order valence-electron chi connectivity index (χ4n) is 3.63. The maximum Gasteiger partial charge on any atom is 0.332 e. The third-order valence-corrected chi connectivity index (χ3v) is 5.55. The second-order valence-electron chi connectivity index (χ2n) is 6.70. The summed E-state index contributed by atoms with van der Waals surface area (Å²) in [4.78, 5) is 26.8. The average Bonchev–Trinajstić information content (AvgIpc) is 2.79. The van der Waals surface area contributed by atoms with Gasteiger partial charge in [0.2, 0.25) is 0 Å². The number of methoxy groups -OCH3 is 2. The largest absolute Gasteiger partial charge is 0.468 e. The first-order valence-electron chi connectivity index (χ1n) is 9.30. The van der Waals surface area contributed by atoms with Crippen LogP contribution in [0.3, 0.4) is 0 Å². The zero-order chi connectivity index (χ0) is 22.5. The minimum Gasteiger partial charge on any atom is -0.468 e. The molecule has 158 valence electrons. The Bertz CT molecular complexity index is 1090. The number of benzene rings is 2. The lowest BCUT2D eigenvalue weighted by Crippen LogP contribution is -2.43. The van der Waals surface area contributed by atoms with Gasteiger partial charge in [-0.1, -0.05) is 46.3 Å². The average molecular weight is 482 g/mol. The molecule has 7 nitrogen and oxygen atoms in total. The zero-order valence-corrected chi connectivity index (χ0v) is 18.5. The summed E-state index contributed by atoms with van der Waals surface area (Å²) in [6, 6.07) is 18.3. The summed E-state index contributed by atoms with van der Waals surface area (Å²) >= 11 is 3.39. The van der Waals surface area contributed by atoms with Gasteiger partial charge in [-0.05, 0) is 29.8 Å². The fraction of sp³-hybridized carbons (Fsp3) is 0.174. The van der Waals surface area contributed by atoms with Crippen LogP contribution in [0.4, 0.5) is 5.69 Å². The van der Waals surface area contributed by atoms with E-state index in [1.54, 1.807) is 36.4 Å². The number of esters is 2. The zero-order valence-electron chi connectivity index (χ0n) is 16.9. The van der Waals surface area contributed by atoms with Crippen molar-refractivity contribution >= 4 is 33.6 Å². The molecule has 0 aromatic heterocycles. The smallest absolute Gasteiger partial charge is 0.332 e. The molecule has 2 N–H and O–H groups in total. The molecule has 0 amide bonds. The molecule has 1 heterocycles. The number of hydrogen-bond donors (Lipinski definition) is 1.